The fourth-order valence-corrected chi connectivity index (χ4v) is 4.83. The molecule has 1 N–H and O–H groups in total. The highest BCUT2D eigenvalue weighted by molar-refractivity contribution is 5.84. The molecular formula is C25H33NO3. The van der Waals surface area contributed by atoms with Crippen LogP contribution in [0.1, 0.15) is 58.4 Å². The second kappa shape index (κ2) is 7.98. The smallest absolute Gasteiger partial charge is 0.320 e. The first-order valence-corrected chi connectivity index (χ1v) is 11.0. The van der Waals surface area contributed by atoms with Crippen LogP contribution in [0.3, 0.4) is 0 Å². The van der Waals surface area contributed by atoms with Gasteiger partial charge < -0.3 is 9.84 Å². The Balaban J connectivity index is 1.38. The predicted molar refractivity (Wildman–Crippen MR) is 116 cm³/mol. The molecule has 4 nitrogen and oxygen atoms in total. The Morgan fingerprint density at radius 3 is 2.34 bits per heavy atom. The van der Waals surface area contributed by atoms with Crippen LogP contribution in [-0.2, 0) is 11.3 Å². The first-order valence-electron chi connectivity index (χ1n) is 11.0. The molecule has 1 heterocycles. The Kier molecular flexibility index (Phi) is 5.56. The number of nitrogens with zero attached hydrogens (tertiary/aromatic N) is 1. The lowest BCUT2D eigenvalue weighted by molar-refractivity contribution is -0.148. The molecule has 0 amide bonds. The number of carboxylic acid groups (broad SMARTS) is 1. The van der Waals surface area contributed by atoms with Crippen LogP contribution >= 0.6 is 0 Å². The van der Waals surface area contributed by atoms with Gasteiger partial charge in [-0.05, 0) is 78.0 Å². The van der Waals surface area contributed by atoms with Crippen molar-refractivity contribution in [2.45, 2.75) is 71.6 Å². The van der Waals surface area contributed by atoms with E-state index in [1.807, 2.05) is 4.90 Å². The molecule has 1 unspecified atom stereocenters. The summed E-state index contributed by atoms with van der Waals surface area (Å²) in [5.41, 5.74) is 1.56. The molecule has 2 fully saturated rings. The second-order valence-electron chi connectivity index (χ2n) is 9.91. The van der Waals surface area contributed by atoms with E-state index in [-0.39, 0.29) is 6.04 Å². The number of fused-ring (bicyclic) bond motifs is 1. The summed E-state index contributed by atoms with van der Waals surface area (Å²) in [4.78, 5) is 13.2. The summed E-state index contributed by atoms with van der Waals surface area (Å²) in [5, 5.41) is 11.6. The average molecular weight is 396 g/mol. The number of hydrogen-bond acceptors (Lipinski definition) is 3. The summed E-state index contributed by atoms with van der Waals surface area (Å²) < 4.78 is 6.31. The molecule has 2 aromatic rings. The van der Waals surface area contributed by atoms with Crippen molar-refractivity contribution < 1.29 is 14.6 Å². The molecule has 1 atom stereocenters. The van der Waals surface area contributed by atoms with E-state index in [0.29, 0.717) is 18.1 Å². The number of rotatable bonds is 5. The molecule has 1 saturated heterocycles. The highest BCUT2D eigenvalue weighted by Crippen LogP contribution is 2.39. The highest BCUT2D eigenvalue weighted by atomic mass is 16.5. The number of carboxylic acids is 1. The van der Waals surface area contributed by atoms with E-state index in [2.05, 4.69) is 57.2 Å². The summed E-state index contributed by atoms with van der Waals surface area (Å²) >= 11 is 0. The number of ether oxygens (including phenoxy) is 1. The standard InChI is InChI=1S/C25H33NO3/c1-25(2,3)20-7-10-21(11-8-20)29-22-9-6-18-14-17(4-5-19(18)15-22)16-26-13-12-23(26)24(27)28/h4-6,9,14-15,20-21,23H,7-8,10-13,16H2,1-3H3,(H,27,28). The Bertz CT molecular complexity index is 877. The third kappa shape index (κ3) is 4.58. The monoisotopic (exact) mass is 395 g/mol. The minimum absolute atomic E-state index is 0.324. The van der Waals surface area contributed by atoms with Gasteiger partial charge in [0.1, 0.15) is 11.8 Å². The number of carbonyl (C=O) groups is 1. The number of benzene rings is 2. The lowest BCUT2D eigenvalue weighted by Gasteiger charge is -2.38. The maximum atomic E-state index is 11.2. The van der Waals surface area contributed by atoms with Crippen molar-refractivity contribution in [2.24, 2.45) is 11.3 Å². The first-order chi connectivity index (χ1) is 13.8. The van der Waals surface area contributed by atoms with Gasteiger partial charge in [-0.25, -0.2) is 0 Å². The van der Waals surface area contributed by atoms with Crippen LogP contribution in [0.25, 0.3) is 10.8 Å². The topological polar surface area (TPSA) is 49.8 Å². The molecule has 1 aliphatic carbocycles. The van der Waals surface area contributed by atoms with Crippen LogP contribution in [0.4, 0.5) is 0 Å². The zero-order chi connectivity index (χ0) is 20.6. The predicted octanol–water partition coefficient (Wildman–Crippen LogP) is 5.48. The molecule has 0 aromatic heterocycles. The summed E-state index contributed by atoms with van der Waals surface area (Å²) in [6, 6.07) is 12.4. The second-order valence-corrected chi connectivity index (χ2v) is 9.91. The third-order valence-corrected chi connectivity index (χ3v) is 6.88. The van der Waals surface area contributed by atoms with Crippen molar-refractivity contribution in [1.29, 1.82) is 0 Å². The van der Waals surface area contributed by atoms with Crippen LogP contribution in [-0.4, -0.2) is 34.7 Å². The van der Waals surface area contributed by atoms with E-state index in [0.717, 1.165) is 43.0 Å². The number of likely N-dealkylation sites (tertiary alicyclic amines) is 1. The van der Waals surface area contributed by atoms with Gasteiger partial charge >= 0.3 is 5.97 Å². The van der Waals surface area contributed by atoms with Crippen molar-refractivity contribution in [3.63, 3.8) is 0 Å². The van der Waals surface area contributed by atoms with Gasteiger partial charge in [0, 0.05) is 13.1 Å². The number of aliphatic carboxylic acids is 1. The van der Waals surface area contributed by atoms with Crippen molar-refractivity contribution in [1.82, 2.24) is 4.90 Å². The van der Waals surface area contributed by atoms with Gasteiger partial charge in [0.2, 0.25) is 0 Å². The maximum Gasteiger partial charge on any atom is 0.320 e. The first kappa shape index (κ1) is 20.2. The molecule has 0 spiro atoms. The molecule has 156 valence electrons. The normalized spacial score (nSPS) is 25.6. The van der Waals surface area contributed by atoms with Gasteiger partial charge in [0.15, 0.2) is 0 Å². The Morgan fingerprint density at radius 1 is 1.03 bits per heavy atom. The van der Waals surface area contributed by atoms with Crippen molar-refractivity contribution in [2.75, 3.05) is 6.54 Å². The van der Waals surface area contributed by atoms with Crippen LogP contribution in [0, 0.1) is 11.3 Å². The minimum atomic E-state index is -0.713. The summed E-state index contributed by atoms with van der Waals surface area (Å²) in [5.74, 6) is 1.04. The van der Waals surface area contributed by atoms with E-state index in [4.69, 9.17) is 4.74 Å². The van der Waals surface area contributed by atoms with E-state index in [9.17, 15) is 9.90 Å². The quantitative estimate of drug-likeness (QED) is 0.728. The van der Waals surface area contributed by atoms with E-state index in [1.54, 1.807) is 0 Å². The molecule has 0 bridgehead atoms. The molecule has 2 aliphatic rings. The van der Waals surface area contributed by atoms with Gasteiger partial charge in [0.25, 0.3) is 0 Å². The summed E-state index contributed by atoms with van der Waals surface area (Å²) in [7, 11) is 0. The zero-order valence-electron chi connectivity index (χ0n) is 17.9. The maximum absolute atomic E-state index is 11.2. The molecule has 2 aromatic carbocycles. The van der Waals surface area contributed by atoms with Gasteiger partial charge in [-0.1, -0.05) is 39.0 Å². The molecule has 1 aliphatic heterocycles. The average Bonchev–Trinajstić information content (AvgIpc) is 2.64. The van der Waals surface area contributed by atoms with Gasteiger partial charge in [0.05, 0.1) is 6.10 Å². The largest absolute Gasteiger partial charge is 0.490 e. The summed E-state index contributed by atoms with van der Waals surface area (Å²) in [6.45, 7) is 8.60. The van der Waals surface area contributed by atoms with Crippen molar-refractivity contribution in [3.05, 3.63) is 42.0 Å². The van der Waals surface area contributed by atoms with Crippen LogP contribution < -0.4 is 4.74 Å². The van der Waals surface area contributed by atoms with Gasteiger partial charge in [-0.15, -0.1) is 0 Å². The SMILES string of the molecule is CC(C)(C)C1CCC(Oc2ccc3cc(CN4CCC4C(=O)O)ccc3c2)CC1. The molecule has 1 saturated carbocycles. The van der Waals surface area contributed by atoms with Crippen LogP contribution in [0.5, 0.6) is 5.75 Å². The zero-order valence-corrected chi connectivity index (χ0v) is 17.9. The molecule has 29 heavy (non-hydrogen) atoms. The molecule has 4 heteroatoms. The van der Waals surface area contributed by atoms with Crippen LogP contribution in [0.2, 0.25) is 0 Å². The highest BCUT2D eigenvalue weighted by Gasteiger charge is 2.33. The Labute approximate surface area is 173 Å². The minimum Gasteiger partial charge on any atom is -0.490 e. The van der Waals surface area contributed by atoms with Crippen molar-refractivity contribution in [3.8, 4) is 5.75 Å². The summed E-state index contributed by atoms with van der Waals surface area (Å²) in [6.07, 6.45) is 5.85. The third-order valence-electron chi connectivity index (χ3n) is 6.88. The fourth-order valence-electron chi connectivity index (χ4n) is 4.83. The molecule has 0 radical (unpaired) electrons. The fraction of sp³-hybridized carbons (Fsp3) is 0.560. The van der Waals surface area contributed by atoms with Gasteiger partial charge in [-0.3, -0.25) is 9.69 Å². The van der Waals surface area contributed by atoms with Crippen LogP contribution in [0.15, 0.2) is 36.4 Å². The molecular weight excluding hydrogens is 362 g/mol. The van der Waals surface area contributed by atoms with E-state index in [1.165, 1.54) is 23.6 Å². The van der Waals surface area contributed by atoms with Crippen molar-refractivity contribution >= 4 is 16.7 Å². The lowest BCUT2D eigenvalue weighted by atomic mass is 9.72. The Hall–Kier alpha value is -2.07. The molecule has 4 rings (SSSR count). The number of hydrogen-bond donors (Lipinski definition) is 1. The van der Waals surface area contributed by atoms with E-state index < -0.39 is 5.97 Å². The lowest BCUT2D eigenvalue weighted by Crippen LogP contribution is -2.51. The van der Waals surface area contributed by atoms with E-state index >= 15 is 0 Å². The Morgan fingerprint density at radius 2 is 1.72 bits per heavy atom. The van der Waals surface area contributed by atoms with Gasteiger partial charge in [-0.2, -0.15) is 0 Å².